The number of rotatable bonds is 4. The number of anilines is 2. The number of benzene rings is 4. The summed E-state index contributed by atoms with van der Waals surface area (Å²) in [6.45, 7) is 0. The molecular weight excluding hydrogens is 452 g/mol. The first kappa shape index (κ1) is 20.4. The fraction of sp³-hybridized carbons (Fsp3) is 0.0741. The third-order valence-electron chi connectivity index (χ3n) is 6.29. The van der Waals surface area contributed by atoms with Crippen LogP contribution in [0.2, 0.25) is 5.02 Å². The molecule has 0 N–H and O–H groups in total. The van der Waals surface area contributed by atoms with Crippen LogP contribution in [-0.4, -0.2) is 5.91 Å². The van der Waals surface area contributed by atoms with Gasteiger partial charge in [-0.2, -0.15) is 4.28 Å². The summed E-state index contributed by atoms with van der Waals surface area (Å²) in [5, 5.41) is 2.39. The van der Waals surface area contributed by atoms with E-state index in [1.807, 2.05) is 95.9 Å². The number of hydroxylamine groups is 1. The summed E-state index contributed by atoms with van der Waals surface area (Å²) in [7, 11) is 0. The molecule has 2 fully saturated rings. The lowest BCUT2D eigenvalue weighted by molar-refractivity contribution is -0.136. The van der Waals surface area contributed by atoms with Crippen LogP contribution < -0.4 is 9.96 Å². The van der Waals surface area contributed by atoms with Crippen LogP contribution in [0.4, 0.5) is 11.4 Å². The van der Waals surface area contributed by atoms with Crippen molar-refractivity contribution in [2.45, 2.75) is 10.4 Å². The zero-order chi connectivity index (χ0) is 22.5. The summed E-state index contributed by atoms with van der Waals surface area (Å²) < 4.78 is 6.35. The lowest BCUT2D eigenvalue weighted by atomic mass is 9.68. The number of hydrogen-bond donors (Lipinski definition) is 0. The predicted octanol–water partition coefficient (Wildman–Crippen LogP) is 6.54. The predicted molar refractivity (Wildman–Crippen MR) is 133 cm³/mol. The van der Waals surface area contributed by atoms with Crippen LogP contribution in [-0.2, 0) is 19.5 Å². The highest BCUT2D eigenvalue weighted by Gasteiger charge is 2.81. The molecule has 6 rings (SSSR count). The maximum Gasteiger partial charge on any atom is 0.265 e. The van der Waals surface area contributed by atoms with Crippen LogP contribution in [0, 0.1) is 0 Å². The van der Waals surface area contributed by atoms with Gasteiger partial charge in [0.2, 0.25) is 5.54 Å². The molecule has 2 aliphatic rings. The molecule has 0 unspecified atom stereocenters. The van der Waals surface area contributed by atoms with Gasteiger partial charge in [0.1, 0.15) is 0 Å². The van der Waals surface area contributed by atoms with E-state index in [1.54, 1.807) is 17.2 Å². The van der Waals surface area contributed by atoms with E-state index in [2.05, 4.69) is 12.1 Å². The SMILES string of the molecule is O=C1N(c2ccc(Cl)cc2)[C@@]2(c3ccccc3)SON(c3ccccc3)[C@@]12c1ccccc1. The van der Waals surface area contributed by atoms with Gasteiger partial charge in [0.05, 0.1) is 17.7 Å². The number of nitrogens with zero attached hydrogens (tertiary/aromatic N) is 2. The molecule has 2 saturated heterocycles. The highest BCUT2D eigenvalue weighted by atomic mass is 35.5. The van der Waals surface area contributed by atoms with E-state index in [0.717, 1.165) is 22.5 Å². The molecule has 0 spiro atoms. The molecule has 33 heavy (non-hydrogen) atoms. The van der Waals surface area contributed by atoms with Gasteiger partial charge in [-0.25, -0.2) is 5.06 Å². The van der Waals surface area contributed by atoms with Crippen molar-refractivity contribution < 1.29 is 9.08 Å². The number of halogens is 1. The molecule has 2 atom stereocenters. The molecule has 1 amide bonds. The highest BCUT2D eigenvalue weighted by molar-refractivity contribution is 7.96. The van der Waals surface area contributed by atoms with Crippen molar-refractivity contribution in [3.63, 3.8) is 0 Å². The molecule has 2 aliphatic heterocycles. The summed E-state index contributed by atoms with van der Waals surface area (Å²) in [4.78, 5) is 15.4. The van der Waals surface area contributed by atoms with E-state index in [0.29, 0.717) is 5.02 Å². The zero-order valence-corrected chi connectivity index (χ0v) is 19.0. The van der Waals surface area contributed by atoms with Gasteiger partial charge < -0.3 is 0 Å². The molecule has 0 aliphatic carbocycles. The minimum atomic E-state index is -1.10. The minimum absolute atomic E-state index is 0.0614. The fourth-order valence-electron chi connectivity index (χ4n) is 4.88. The Balaban J connectivity index is 1.65. The quantitative estimate of drug-likeness (QED) is 0.250. The summed E-state index contributed by atoms with van der Waals surface area (Å²) in [5.41, 5.74) is 2.34. The Bertz CT molecular complexity index is 1300. The first-order valence-corrected chi connectivity index (χ1v) is 11.7. The van der Waals surface area contributed by atoms with Gasteiger partial charge in [0.15, 0.2) is 4.87 Å². The first-order valence-electron chi connectivity index (χ1n) is 10.6. The van der Waals surface area contributed by atoms with E-state index >= 15 is 0 Å². The van der Waals surface area contributed by atoms with Crippen molar-refractivity contribution in [1.29, 1.82) is 0 Å². The molecular formula is C27H19ClN2O2S. The zero-order valence-electron chi connectivity index (χ0n) is 17.5. The Labute approximate surface area is 201 Å². The number of fused-ring (bicyclic) bond motifs is 1. The minimum Gasteiger partial charge on any atom is -0.285 e. The second-order valence-corrected chi connectivity index (χ2v) is 9.33. The molecule has 0 saturated carbocycles. The van der Waals surface area contributed by atoms with Crippen molar-refractivity contribution >= 4 is 40.9 Å². The van der Waals surface area contributed by atoms with Gasteiger partial charge in [-0.3, -0.25) is 9.69 Å². The van der Waals surface area contributed by atoms with E-state index < -0.39 is 10.4 Å². The average molecular weight is 471 g/mol. The standard InChI is InChI=1S/C27H19ClN2O2S/c28-22-16-18-23(19-17-22)29-25(31)26(20-10-4-1-5-11-20)27(29,21-12-6-2-7-13-21)33-32-30(26)24-14-8-3-9-15-24/h1-19H/t26-,27-/m0/s1. The van der Waals surface area contributed by atoms with Gasteiger partial charge in [-0.15, -0.1) is 0 Å². The number of carbonyl (C=O) groups is 1. The fourth-order valence-corrected chi connectivity index (χ4v) is 6.29. The normalized spacial score (nSPS) is 23.8. The molecule has 0 radical (unpaired) electrons. The van der Waals surface area contributed by atoms with Crippen molar-refractivity contribution in [3.05, 3.63) is 131 Å². The molecule has 4 aromatic carbocycles. The lowest BCUT2D eigenvalue weighted by Gasteiger charge is -2.60. The molecule has 162 valence electrons. The van der Waals surface area contributed by atoms with Gasteiger partial charge in [-0.1, -0.05) is 90.5 Å². The Morgan fingerprint density at radius 2 is 1.21 bits per heavy atom. The van der Waals surface area contributed by atoms with Gasteiger partial charge in [0.25, 0.3) is 5.91 Å². The Hall–Kier alpha value is -3.25. The van der Waals surface area contributed by atoms with E-state index in [9.17, 15) is 4.79 Å². The second kappa shape index (κ2) is 7.66. The number of amides is 1. The highest BCUT2D eigenvalue weighted by Crippen LogP contribution is 2.70. The molecule has 4 aromatic rings. The number of carbonyl (C=O) groups excluding carboxylic acids is 1. The van der Waals surface area contributed by atoms with Crippen LogP contribution in [0.15, 0.2) is 115 Å². The summed E-state index contributed by atoms with van der Waals surface area (Å²) in [6, 6.07) is 37.1. The molecule has 2 heterocycles. The Kier molecular flexibility index (Phi) is 4.73. The monoisotopic (exact) mass is 470 g/mol. The van der Waals surface area contributed by atoms with Crippen molar-refractivity contribution in [1.82, 2.24) is 0 Å². The van der Waals surface area contributed by atoms with E-state index in [4.69, 9.17) is 15.9 Å². The number of para-hydroxylation sites is 1. The van der Waals surface area contributed by atoms with Crippen molar-refractivity contribution in [2.75, 3.05) is 9.96 Å². The second-order valence-electron chi connectivity index (χ2n) is 7.99. The smallest absolute Gasteiger partial charge is 0.265 e. The molecule has 0 aromatic heterocycles. The summed E-state index contributed by atoms with van der Waals surface area (Å²) in [5.74, 6) is -0.0614. The Morgan fingerprint density at radius 3 is 1.82 bits per heavy atom. The Morgan fingerprint density at radius 1 is 0.667 bits per heavy atom. The maximum atomic E-state index is 14.4. The van der Waals surface area contributed by atoms with Crippen LogP contribution in [0.25, 0.3) is 0 Å². The third-order valence-corrected chi connectivity index (χ3v) is 7.72. The van der Waals surface area contributed by atoms with Crippen molar-refractivity contribution in [3.8, 4) is 0 Å². The maximum absolute atomic E-state index is 14.4. The van der Waals surface area contributed by atoms with Gasteiger partial charge in [-0.05, 0) is 47.5 Å². The van der Waals surface area contributed by atoms with Crippen LogP contribution in [0.3, 0.4) is 0 Å². The molecule has 6 heteroatoms. The third kappa shape index (κ3) is 2.67. The van der Waals surface area contributed by atoms with Gasteiger partial charge in [0, 0.05) is 10.7 Å². The van der Waals surface area contributed by atoms with E-state index in [-0.39, 0.29) is 5.91 Å². The largest absolute Gasteiger partial charge is 0.285 e. The van der Waals surface area contributed by atoms with Crippen LogP contribution in [0.5, 0.6) is 0 Å². The lowest BCUT2D eigenvalue weighted by Crippen LogP contribution is -2.79. The number of β-lactam (4-membered cyclic amide) rings is 1. The molecule has 0 bridgehead atoms. The number of hydrogen-bond acceptors (Lipinski definition) is 4. The van der Waals surface area contributed by atoms with Gasteiger partial charge >= 0.3 is 0 Å². The molecule has 4 nitrogen and oxygen atoms in total. The van der Waals surface area contributed by atoms with E-state index in [1.165, 1.54) is 12.0 Å². The van der Waals surface area contributed by atoms with Crippen LogP contribution in [0.1, 0.15) is 11.1 Å². The first-order chi connectivity index (χ1) is 16.2. The average Bonchev–Trinajstić information content (AvgIpc) is 3.19. The topological polar surface area (TPSA) is 32.8 Å². The van der Waals surface area contributed by atoms with Crippen molar-refractivity contribution in [2.24, 2.45) is 0 Å². The summed E-state index contributed by atoms with van der Waals surface area (Å²) in [6.07, 6.45) is 0. The van der Waals surface area contributed by atoms with Crippen LogP contribution >= 0.6 is 23.6 Å². The summed E-state index contributed by atoms with van der Waals surface area (Å²) >= 11 is 7.46.